The van der Waals surface area contributed by atoms with Crippen molar-refractivity contribution in [2.24, 2.45) is 0 Å². The van der Waals surface area contributed by atoms with E-state index in [0.717, 1.165) is 5.56 Å². The lowest BCUT2D eigenvalue weighted by Gasteiger charge is -2.11. The highest BCUT2D eigenvalue weighted by Crippen LogP contribution is 2.28. The van der Waals surface area contributed by atoms with Crippen LogP contribution in [0.5, 0.6) is 5.75 Å². The summed E-state index contributed by atoms with van der Waals surface area (Å²) in [5, 5.41) is 9.96. The van der Waals surface area contributed by atoms with Gasteiger partial charge in [-0.1, -0.05) is 29.8 Å². The molecule has 2 aromatic carbocycles. The van der Waals surface area contributed by atoms with E-state index in [1.807, 2.05) is 0 Å². The van der Waals surface area contributed by atoms with Gasteiger partial charge < -0.3 is 9.84 Å². The Morgan fingerprint density at radius 2 is 1.96 bits per heavy atom. The Balaban J connectivity index is 2.04. The standard InChI is InChI=1S/C21H17ClFNO3/c1-12-3-4-14(8-19(12)23)20-9-15(17(11-24-20)21(25)26)7-13-5-6-16(27-2)10-18(13)22/h3-6,8-11H,7H2,1-2H3,(H,25,26). The zero-order chi connectivity index (χ0) is 19.6. The molecule has 0 atom stereocenters. The van der Waals surface area contributed by atoms with E-state index in [4.69, 9.17) is 16.3 Å². The number of ether oxygens (including phenoxy) is 1. The Morgan fingerprint density at radius 3 is 2.59 bits per heavy atom. The van der Waals surface area contributed by atoms with Crippen LogP contribution in [0.4, 0.5) is 4.39 Å². The molecule has 1 N–H and O–H groups in total. The van der Waals surface area contributed by atoms with E-state index >= 15 is 0 Å². The van der Waals surface area contributed by atoms with Crippen LogP contribution in [-0.4, -0.2) is 23.2 Å². The highest BCUT2D eigenvalue weighted by Gasteiger charge is 2.15. The molecule has 4 nitrogen and oxygen atoms in total. The van der Waals surface area contributed by atoms with Crippen molar-refractivity contribution in [1.29, 1.82) is 0 Å². The molecule has 0 spiro atoms. The van der Waals surface area contributed by atoms with Crippen molar-refractivity contribution < 1.29 is 19.0 Å². The van der Waals surface area contributed by atoms with Gasteiger partial charge in [0, 0.05) is 16.8 Å². The number of methoxy groups -OCH3 is 1. The number of rotatable bonds is 5. The van der Waals surface area contributed by atoms with Crippen LogP contribution < -0.4 is 4.74 Å². The second kappa shape index (κ2) is 7.76. The van der Waals surface area contributed by atoms with E-state index in [1.165, 1.54) is 12.3 Å². The van der Waals surface area contributed by atoms with Crippen LogP contribution in [0.2, 0.25) is 5.02 Å². The molecule has 27 heavy (non-hydrogen) atoms. The van der Waals surface area contributed by atoms with Crippen molar-refractivity contribution in [3.8, 4) is 17.0 Å². The number of aryl methyl sites for hydroxylation is 1. The number of aromatic carboxylic acids is 1. The van der Waals surface area contributed by atoms with Crippen LogP contribution in [0, 0.1) is 12.7 Å². The van der Waals surface area contributed by atoms with Crippen molar-refractivity contribution in [1.82, 2.24) is 4.98 Å². The number of carbonyl (C=O) groups is 1. The first-order chi connectivity index (χ1) is 12.9. The minimum absolute atomic E-state index is 0.0817. The van der Waals surface area contributed by atoms with Gasteiger partial charge >= 0.3 is 5.97 Å². The number of halogens is 2. The largest absolute Gasteiger partial charge is 0.497 e. The van der Waals surface area contributed by atoms with Crippen LogP contribution in [-0.2, 0) is 6.42 Å². The Bertz CT molecular complexity index is 1020. The van der Waals surface area contributed by atoms with E-state index in [2.05, 4.69) is 4.98 Å². The summed E-state index contributed by atoms with van der Waals surface area (Å²) in [4.78, 5) is 15.8. The lowest BCUT2D eigenvalue weighted by atomic mass is 9.98. The lowest BCUT2D eigenvalue weighted by Crippen LogP contribution is -2.05. The summed E-state index contributed by atoms with van der Waals surface area (Å²) < 4.78 is 19.0. The molecule has 0 aliphatic rings. The molecule has 1 heterocycles. The van der Waals surface area contributed by atoms with Gasteiger partial charge in [0.25, 0.3) is 0 Å². The average Bonchev–Trinajstić information content (AvgIpc) is 2.65. The molecule has 0 amide bonds. The first-order valence-corrected chi connectivity index (χ1v) is 8.58. The summed E-state index contributed by atoms with van der Waals surface area (Å²) in [5.41, 5.74) is 2.99. The molecule has 0 saturated heterocycles. The smallest absolute Gasteiger partial charge is 0.337 e. The van der Waals surface area contributed by atoms with Gasteiger partial charge in [0.05, 0.1) is 18.4 Å². The zero-order valence-electron chi connectivity index (χ0n) is 14.8. The highest BCUT2D eigenvalue weighted by atomic mass is 35.5. The van der Waals surface area contributed by atoms with Crippen molar-refractivity contribution >= 4 is 17.6 Å². The number of carboxylic acid groups (broad SMARTS) is 1. The minimum atomic E-state index is -1.08. The Kier molecular flexibility index (Phi) is 5.42. The van der Waals surface area contributed by atoms with Crippen LogP contribution >= 0.6 is 11.6 Å². The normalized spacial score (nSPS) is 10.7. The third-order valence-corrected chi connectivity index (χ3v) is 4.68. The van der Waals surface area contributed by atoms with Crippen molar-refractivity contribution in [2.75, 3.05) is 7.11 Å². The summed E-state index contributed by atoms with van der Waals surface area (Å²) in [7, 11) is 1.55. The molecule has 138 valence electrons. The molecule has 0 unspecified atom stereocenters. The quantitative estimate of drug-likeness (QED) is 0.660. The summed E-state index contributed by atoms with van der Waals surface area (Å²) >= 11 is 6.29. The summed E-state index contributed by atoms with van der Waals surface area (Å²) in [6.07, 6.45) is 1.59. The van der Waals surface area contributed by atoms with Gasteiger partial charge in [0.2, 0.25) is 0 Å². The molecular weight excluding hydrogens is 369 g/mol. The summed E-state index contributed by atoms with van der Waals surface area (Å²) in [6.45, 7) is 1.68. The van der Waals surface area contributed by atoms with E-state index in [-0.39, 0.29) is 11.4 Å². The summed E-state index contributed by atoms with van der Waals surface area (Å²) in [5.74, 6) is -0.798. The third-order valence-electron chi connectivity index (χ3n) is 4.33. The van der Waals surface area contributed by atoms with Crippen LogP contribution in [0.15, 0.2) is 48.7 Å². The average molecular weight is 386 g/mol. The van der Waals surface area contributed by atoms with Gasteiger partial charge in [-0.3, -0.25) is 4.98 Å². The molecule has 3 rings (SSSR count). The van der Waals surface area contributed by atoms with Crippen molar-refractivity contribution in [3.63, 3.8) is 0 Å². The number of aromatic nitrogens is 1. The van der Waals surface area contributed by atoms with Crippen LogP contribution in [0.1, 0.15) is 27.0 Å². The van der Waals surface area contributed by atoms with E-state index < -0.39 is 5.97 Å². The van der Waals surface area contributed by atoms with E-state index in [0.29, 0.717) is 39.6 Å². The van der Waals surface area contributed by atoms with Gasteiger partial charge in [-0.05, 0) is 54.3 Å². The number of hydrogen-bond donors (Lipinski definition) is 1. The van der Waals surface area contributed by atoms with Crippen molar-refractivity contribution in [3.05, 3.63) is 81.8 Å². The first kappa shape index (κ1) is 18.9. The number of carboxylic acids is 1. The second-order valence-corrected chi connectivity index (χ2v) is 6.54. The minimum Gasteiger partial charge on any atom is -0.497 e. The fourth-order valence-corrected chi connectivity index (χ4v) is 2.99. The van der Waals surface area contributed by atoms with Gasteiger partial charge in [-0.25, -0.2) is 9.18 Å². The molecule has 1 aromatic heterocycles. The fourth-order valence-electron chi connectivity index (χ4n) is 2.75. The molecule has 6 heteroatoms. The van der Waals surface area contributed by atoms with Gasteiger partial charge in [-0.15, -0.1) is 0 Å². The Hall–Kier alpha value is -2.92. The Labute approximate surface area is 161 Å². The molecule has 0 aliphatic carbocycles. The number of benzene rings is 2. The second-order valence-electron chi connectivity index (χ2n) is 6.13. The molecule has 0 radical (unpaired) electrons. The van der Waals surface area contributed by atoms with E-state index in [1.54, 1.807) is 50.4 Å². The zero-order valence-corrected chi connectivity index (χ0v) is 15.5. The topological polar surface area (TPSA) is 59.4 Å². The Morgan fingerprint density at radius 1 is 1.19 bits per heavy atom. The number of nitrogens with zero attached hydrogens (tertiary/aromatic N) is 1. The maximum Gasteiger partial charge on any atom is 0.337 e. The molecule has 3 aromatic rings. The van der Waals surface area contributed by atoms with Gasteiger partial charge in [0.15, 0.2) is 0 Å². The van der Waals surface area contributed by atoms with Crippen molar-refractivity contribution in [2.45, 2.75) is 13.3 Å². The van der Waals surface area contributed by atoms with Gasteiger partial charge in [-0.2, -0.15) is 0 Å². The molecule has 0 saturated carbocycles. The molecule has 0 bridgehead atoms. The predicted molar refractivity (Wildman–Crippen MR) is 102 cm³/mol. The molecule has 0 aliphatic heterocycles. The molecular formula is C21H17ClFNO3. The third kappa shape index (κ3) is 4.09. The highest BCUT2D eigenvalue weighted by molar-refractivity contribution is 6.31. The number of pyridine rings is 1. The van der Waals surface area contributed by atoms with Crippen LogP contribution in [0.3, 0.4) is 0 Å². The van der Waals surface area contributed by atoms with Gasteiger partial charge in [0.1, 0.15) is 11.6 Å². The fraction of sp³-hybridized carbons (Fsp3) is 0.143. The maximum atomic E-state index is 13.9. The lowest BCUT2D eigenvalue weighted by molar-refractivity contribution is 0.0695. The SMILES string of the molecule is COc1ccc(Cc2cc(-c3ccc(C)c(F)c3)ncc2C(=O)O)c(Cl)c1. The van der Waals surface area contributed by atoms with E-state index in [9.17, 15) is 14.3 Å². The molecule has 0 fully saturated rings. The van der Waals surface area contributed by atoms with Crippen LogP contribution in [0.25, 0.3) is 11.3 Å². The predicted octanol–water partition coefficient (Wildman–Crippen LogP) is 5.15. The summed E-state index contributed by atoms with van der Waals surface area (Å²) in [6, 6.07) is 11.7. The first-order valence-electron chi connectivity index (χ1n) is 8.20. The maximum absolute atomic E-state index is 13.9. The number of hydrogen-bond acceptors (Lipinski definition) is 3. The monoisotopic (exact) mass is 385 g/mol.